The van der Waals surface area contributed by atoms with E-state index in [1.54, 1.807) is 18.2 Å². The number of halogens is 3. The number of hydrogen-bond acceptors (Lipinski definition) is 4. The number of nitrogens with zero attached hydrogens (tertiary/aromatic N) is 1. The molecule has 1 N–H and O–H groups in total. The molecule has 0 bridgehead atoms. The van der Waals surface area contributed by atoms with E-state index in [-0.39, 0.29) is 18.2 Å². The van der Waals surface area contributed by atoms with Crippen LogP contribution in [-0.2, 0) is 11.3 Å². The average molecular weight is 550 g/mol. The first-order chi connectivity index (χ1) is 19.1. The second kappa shape index (κ2) is 12.7. The molecule has 1 unspecified atom stereocenters. The lowest BCUT2D eigenvalue weighted by Gasteiger charge is -2.37. The van der Waals surface area contributed by atoms with Crippen molar-refractivity contribution in [2.75, 3.05) is 7.11 Å². The third-order valence-electron chi connectivity index (χ3n) is 6.74. The van der Waals surface area contributed by atoms with Crippen molar-refractivity contribution in [3.8, 4) is 22.6 Å². The predicted octanol–water partition coefficient (Wildman–Crippen LogP) is 8.04. The summed E-state index contributed by atoms with van der Waals surface area (Å²) < 4.78 is 48.3. The summed E-state index contributed by atoms with van der Waals surface area (Å²) in [5.41, 5.74) is 3.71. The quantitative estimate of drug-likeness (QED) is 0.205. The molecule has 4 rings (SSSR count). The highest BCUT2D eigenvalue weighted by Crippen LogP contribution is 2.40. The van der Waals surface area contributed by atoms with Crippen molar-refractivity contribution in [3.63, 3.8) is 0 Å². The van der Waals surface area contributed by atoms with Gasteiger partial charge in [0.2, 0.25) is 0 Å². The van der Waals surface area contributed by atoms with Crippen molar-refractivity contribution < 1.29 is 32.5 Å². The Balaban J connectivity index is 1.82. The molecule has 8 heteroatoms. The molecule has 0 saturated carbocycles. The van der Waals surface area contributed by atoms with Crippen LogP contribution in [0.25, 0.3) is 11.1 Å². The van der Waals surface area contributed by atoms with Gasteiger partial charge in [-0.25, -0.2) is 0 Å². The smallest absolute Gasteiger partial charge is 0.496 e. The van der Waals surface area contributed by atoms with Crippen LogP contribution in [0.4, 0.5) is 13.2 Å². The first-order valence-electron chi connectivity index (χ1n) is 12.7. The van der Waals surface area contributed by atoms with Crippen LogP contribution < -0.4 is 9.47 Å². The maximum atomic E-state index is 12.9. The Morgan fingerprint density at radius 2 is 1.55 bits per heavy atom. The Bertz CT molecular complexity index is 1410. The van der Waals surface area contributed by atoms with Gasteiger partial charge in [0.25, 0.3) is 0 Å². The minimum absolute atomic E-state index is 0.153. The zero-order valence-electron chi connectivity index (χ0n) is 22.1. The van der Waals surface area contributed by atoms with Gasteiger partial charge in [0.1, 0.15) is 11.5 Å². The molecule has 0 spiro atoms. The summed E-state index contributed by atoms with van der Waals surface area (Å²) in [4.78, 5) is 14.3. The summed E-state index contributed by atoms with van der Waals surface area (Å²) in [6, 6.07) is 29.9. The van der Waals surface area contributed by atoms with Crippen molar-refractivity contribution in [3.05, 3.63) is 120 Å². The molecule has 0 amide bonds. The molecule has 4 aromatic carbocycles. The normalized spacial score (nSPS) is 13.1. The summed E-state index contributed by atoms with van der Waals surface area (Å²) in [6.45, 7) is 2.51. The number of rotatable bonds is 11. The van der Waals surface area contributed by atoms with Crippen LogP contribution in [0.3, 0.4) is 0 Å². The summed E-state index contributed by atoms with van der Waals surface area (Å²) >= 11 is 0. The molecule has 4 aromatic rings. The first kappa shape index (κ1) is 28.7. The summed E-state index contributed by atoms with van der Waals surface area (Å²) in [5.74, 6) is -0.892. The fourth-order valence-electron chi connectivity index (χ4n) is 4.85. The molecule has 0 saturated heterocycles. The third-order valence-corrected chi connectivity index (χ3v) is 6.74. The average Bonchev–Trinajstić information content (AvgIpc) is 2.94. The van der Waals surface area contributed by atoms with Crippen LogP contribution in [0.2, 0.25) is 0 Å². The Hall–Kier alpha value is -4.30. The Morgan fingerprint density at radius 1 is 0.875 bits per heavy atom. The van der Waals surface area contributed by atoms with Gasteiger partial charge in [-0.05, 0) is 53.4 Å². The molecular weight excluding hydrogens is 519 g/mol. The number of alkyl halides is 3. The number of benzene rings is 4. The van der Waals surface area contributed by atoms with E-state index in [9.17, 15) is 23.1 Å². The van der Waals surface area contributed by atoms with Gasteiger partial charge in [-0.2, -0.15) is 0 Å². The second-order valence-corrected chi connectivity index (χ2v) is 9.39. The van der Waals surface area contributed by atoms with Gasteiger partial charge >= 0.3 is 12.3 Å². The molecule has 0 aromatic heterocycles. The van der Waals surface area contributed by atoms with E-state index in [2.05, 4.69) is 9.64 Å². The second-order valence-electron chi connectivity index (χ2n) is 9.39. The third kappa shape index (κ3) is 7.42. The van der Waals surface area contributed by atoms with E-state index < -0.39 is 18.4 Å². The highest BCUT2D eigenvalue weighted by molar-refractivity contribution is 5.73. The van der Waals surface area contributed by atoms with Crippen molar-refractivity contribution in [1.82, 2.24) is 4.90 Å². The molecule has 5 nitrogen and oxygen atoms in total. The zero-order valence-corrected chi connectivity index (χ0v) is 22.1. The molecule has 0 aliphatic rings. The van der Waals surface area contributed by atoms with E-state index in [0.29, 0.717) is 29.0 Å². The summed E-state index contributed by atoms with van der Waals surface area (Å²) in [7, 11) is 1.47. The van der Waals surface area contributed by atoms with Crippen LogP contribution in [0.15, 0.2) is 103 Å². The highest BCUT2D eigenvalue weighted by Gasteiger charge is 2.32. The van der Waals surface area contributed by atoms with Crippen LogP contribution in [0.5, 0.6) is 11.5 Å². The maximum Gasteiger partial charge on any atom is 0.573 e. The highest BCUT2D eigenvalue weighted by atomic mass is 19.4. The van der Waals surface area contributed by atoms with Gasteiger partial charge in [-0.1, -0.05) is 78.9 Å². The Kier molecular flexibility index (Phi) is 9.11. The summed E-state index contributed by atoms with van der Waals surface area (Å²) in [6.07, 6.45) is -5.02. The molecule has 0 heterocycles. The number of carboxylic acid groups (broad SMARTS) is 1. The van der Waals surface area contributed by atoms with Crippen molar-refractivity contribution in [1.29, 1.82) is 0 Å². The van der Waals surface area contributed by atoms with Gasteiger partial charge in [0.05, 0.1) is 13.5 Å². The molecule has 0 fully saturated rings. The van der Waals surface area contributed by atoms with E-state index in [1.165, 1.54) is 25.3 Å². The first-order valence-corrected chi connectivity index (χ1v) is 12.7. The molecule has 0 aliphatic heterocycles. The molecule has 0 aliphatic carbocycles. The molecule has 208 valence electrons. The van der Waals surface area contributed by atoms with E-state index in [4.69, 9.17) is 4.74 Å². The topological polar surface area (TPSA) is 59.0 Å². The van der Waals surface area contributed by atoms with Crippen LogP contribution in [0, 0.1) is 0 Å². The Labute approximate surface area is 231 Å². The van der Waals surface area contributed by atoms with Crippen molar-refractivity contribution >= 4 is 5.97 Å². The fourth-order valence-corrected chi connectivity index (χ4v) is 4.85. The predicted molar refractivity (Wildman–Crippen MR) is 147 cm³/mol. The van der Waals surface area contributed by atoms with Crippen molar-refractivity contribution in [2.45, 2.75) is 38.3 Å². The molecule has 2 atom stereocenters. The van der Waals surface area contributed by atoms with Crippen LogP contribution >= 0.6 is 0 Å². The van der Waals surface area contributed by atoms with E-state index >= 15 is 0 Å². The van der Waals surface area contributed by atoms with Crippen molar-refractivity contribution in [2.24, 2.45) is 0 Å². The van der Waals surface area contributed by atoms with Crippen LogP contribution in [0.1, 0.15) is 42.1 Å². The van der Waals surface area contributed by atoms with E-state index in [1.807, 2.05) is 73.7 Å². The number of carboxylic acids is 1. The largest absolute Gasteiger partial charge is 0.573 e. The SMILES string of the molecule is COc1ccc(C(CC(=O)O)N(Cc2ccccc2)[C@H](C)c2ccccc2)cc1-c1cccc(OC(F)(F)F)c1. The maximum absolute atomic E-state index is 12.9. The lowest BCUT2D eigenvalue weighted by atomic mass is 9.93. The Morgan fingerprint density at radius 3 is 2.17 bits per heavy atom. The van der Waals surface area contributed by atoms with E-state index in [0.717, 1.165) is 11.1 Å². The number of ether oxygens (including phenoxy) is 2. The van der Waals surface area contributed by atoms with Crippen LogP contribution in [-0.4, -0.2) is 29.4 Å². The van der Waals surface area contributed by atoms with Gasteiger partial charge in [0, 0.05) is 24.2 Å². The number of aliphatic carboxylic acids is 1. The number of carbonyl (C=O) groups is 1. The molecule has 40 heavy (non-hydrogen) atoms. The molecular formula is C32H30F3NO4. The van der Waals surface area contributed by atoms with Gasteiger partial charge in [-0.15, -0.1) is 13.2 Å². The van der Waals surface area contributed by atoms with Gasteiger partial charge < -0.3 is 14.6 Å². The monoisotopic (exact) mass is 549 g/mol. The summed E-state index contributed by atoms with van der Waals surface area (Å²) in [5, 5.41) is 9.97. The number of methoxy groups -OCH3 is 1. The lowest BCUT2D eigenvalue weighted by molar-refractivity contribution is -0.274. The number of hydrogen-bond donors (Lipinski definition) is 1. The fraction of sp³-hybridized carbons (Fsp3) is 0.219. The lowest BCUT2D eigenvalue weighted by Crippen LogP contribution is -2.32. The zero-order chi connectivity index (χ0) is 28.7. The minimum atomic E-state index is -4.83. The van der Waals surface area contributed by atoms with Gasteiger partial charge in [-0.3, -0.25) is 9.69 Å². The minimum Gasteiger partial charge on any atom is -0.496 e. The molecule has 0 radical (unpaired) electrons. The van der Waals surface area contributed by atoms with Gasteiger partial charge in [0.15, 0.2) is 0 Å². The standard InChI is InChI=1S/C32H30F3NO4/c1-22(24-12-7-4-8-13-24)36(21-23-10-5-3-6-11-23)29(20-31(37)38)26-16-17-30(39-2)28(19-26)25-14-9-15-27(18-25)40-32(33,34)35/h3-19,22,29H,20-21H2,1-2H3,(H,37,38)/t22-,29?/m1/s1.